The normalized spacial score (nSPS) is 27.3. The van der Waals surface area contributed by atoms with Crippen LogP contribution >= 0.6 is 23.2 Å². The van der Waals surface area contributed by atoms with Crippen molar-refractivity contribution in [3.63, 3.8) is 0 Å². The Hall–Kier alpha value is -1.36. The number of carbonyl (C=O) groups is 1. The first-order valence-electron chi connectivity index (χ1n) is 9.78. The van der Waals surface area contributed by atoms with Gasteiger partial charge < -0.3 is 4.74 Å². The number of rotatable bonds is 5. The molecular weight excluding hydrogens is 383 g/mol. The number of halogens is 2. The zero-order valence-electron chi connectivity index (χ0n) is 15.0. The van der Waals surface area contributed by atoms with Crippen LogP contribution in [0, 0.1) is 11.8 Å². The highest BCUT2D eigenvalue weighted by Gasteiger charge is 2.42. The Labute approximate surface area is 168 Å². The van der Waals surface area contributed by atoms with E-state index in [9.17, 15) is 4.79 Å². The van der Waals surface area contributed by atoms with Gasteiger partial charge in [-0.05, 0) is 62.1 Å². The highest BCUT2D eigenvalue weighted by Crippen LogP contribution is 2.44. The van der Waals surface area contributed by atoms with Gasteiger partial charge in [0.1, 0.15) is 11.5 Å². The molecule has 1 heterocycles. The number of nitrogens with zero attached hydrogens (tertiary/aromatic N) is 2. The standard InChI is InChI=1S/C21H22Cl2N2O2/c22-17-2-1-3-18(23)20(17)25-19(16(10-24-25)12-4-5-12)11-27-15-8-13-6-7-14(9-15)21(13)26/h1-3,10,12-15H,4-9,11H2. The highest BCUT2D eigenvalue weighted by molar-refractivity contribution is 6.37. The Morgan fingerprint density at radius 1 is 1.04 bits per heavy atom. The summed E-state index contributed by atoms with van der Waals surface area (Å²) in [5.74, 6) is 1.43. The number of carbonyl (C=O) groups excluding carboxylic acids is 1. The van der Waals surface area contributed by atoms with Crippen LogP contribution in [0.4, 0.5) is 0 Å². The van der Waals surface area contributed by atoms with E-state index in [2.05, 4.69) is 5.10 Å². The number of fused-ring (bicyclic) bond motifs is 2. The van der Waals surface area contributed by atoms with Crippen LogP contribution in [0.1, 0.15) is 55.7 Å². The van der Waals surface area contributed by atoms with E-state index in [1.165, 1.54) is 18.4 Å². The number of benzene rings is 1. The van der Waals surface area contributed by atoms with E-state index >= 15 is 0 Å². The van der Waals surface area contributed by atoms with Crippen molar-refractivity contribution in [2.24, 2.45) is 11.8 Å². The average Bonchev–Trinajstić information content (AvgIpc) is 3.38. The molecule has 5 rings (SSSR count). The fourth-order valence-corrected chi connectivity index (χ4v) is 5.26. The van der Waals surface area contributed by atoms with Gasteiger partial charge in [-0.25, -0.2) is 4.68 Å². The van der Waals surface area contributed by atoms with Crippen molar-refractivity contribution in [1.29, 1.82) is 0 Å². The zero-order chi connectivity index (χ0) is 18.5. The summed E-state index contributed by atoms with van der Waals surface area (Å²) in [6, 6.07) is 5.50. The molecule has 142 valence electrons. The molecule has 4 nitrogen and oxygen atoms in total. The van der Waals surface area contributed by atoms with Crippen LogP contribution in [-0.4, -0.2) is 21.7 Å². The maximum absolute atomic E-state index is 12.1. The third-order valence-electron chi connectivity index (χ3n) is 6.29. The van der Waals surface area contributed by atoms with Gasteiger partial charge in [0.05, 0.1) is 34.6 Å². The molecule has 0 amide bonds. The van der Waals surface area contributed by atoms with Crippen molar-refractivity contribution < 1.29 is 9.53 Å². The van der Waals surface area contributed by atoms with Crippen LogP contribution in [-0.2, 0) is 16.1 Å². The van der Waals surface area contributed by atoms with Crippen molar-refractivity contribution in [2.75, 3.05) is 0 Å². The molecule has 1 aromatic heterocycles. The van der Waals surface area contributed by atoms with Crippen LogP contribution in [0.2, 0.25) is 10.0 Å². The molecular formula is C21H22Cl2N2O2. The van der Waals surface area contributed by atoms with Crippen molar-refractivity contribution in [3.05, 3.63) is 45.7 Å². The van der Waals surface area contributed by atoms with Crippen LogP contribution in [0.3, 0.4) is 0 Å². The third-order valence-corrected chi connectivity index (χ3v) is 6.90. The van der Waals surface area contributed by atoms with Gasteiger partial charge in [-0.2, -0.15) is 5.10 Å². The van der Waals surface area contributed by atoms with Crippen molar-refractivity contribution in [1.82, 2.24) is 9.78 Å². The van der Waals surface area contributed by atoms with Crippen LogP contribution in [0.15, 0.2) is 24.4 Å². The number of Topliss-reactive ketones (excluding diaryl/α,β-unsaturated/α-hetero) is 1. The lowest BCUT2D eigenvalue weighted by Crippen LogP contribution is -2.31. The van der Waals surface area contributed by atoms with Crippen molar-refractivity contribution in [3.8, 4) is 5.69 Å². The van der Waals surface area contributed by atoms with Gasteiger partial charge in [0.15, 0.2) is 0 Å². The fraction of sp³-hybridized carbons (Fsp3) is 0.524. The van der Waals surface area contributed by atoms with E-state index in [0.29, 0.717) is 34.0 Å². The number of ketones is 1. The Kier molecular flexibility index (Phi) is 4.53. The Morgan fingerprint density at radius 3 is 2.30 bits per heavy atom. The smallest absolute Gasteiger partial charge is 0.139 e. The summed E-state index contributed by atoms with van der Waals surface area (Å²) in [6.07, 6.45) is 8.24. The lowest BCUT2D eigenvalue weighted by molar-refractivity contribution is -0.130. The summed E-state index contributed by atoms with van der Waals surface area (Å²) in [7, 11) is 0. The molecule has 2 unspecified atom stereocenters. The minimum atomic E-state index is 0.150. The number of ether oxygens (including phenoxy) is 1. The highest BCUT2D eigenvalue weighted by atomic mass is 35.5. The van der Waals surface area contributed by atoms with Crippen LogP contribution < -0.4 is 0 Å². The molecule has 0 spiro atoms. The second-order valence-corrected chi connectivity index (χ2v) is 8.90. The molecule has 2 aromatic rings. The minimum Gasteiger partial charge on any atom is -0.372 e. The van der Waals surface area contributed by atoms with E-state index < -0.39 is 0 Å². The molecule has 3 saturated carbocycles. The molecule has 3 aliphatic carbocycles. The van der Waals surface area contributed by atoms with E-state index in [4.69, 9.17) is 27.9 Å². The summed E-state index contributed by atoms with van der Waals surface area (Å²) in [6.45, 7) is 0.478. The molecule has 0 saturated heterocycles. The molecule has 0 aliphatic heterocycles. The molecule has 0 N–H and O–H groups in total. The molecule has 6 heteroatoms. The number of hydrogen-bond acceptors (Lipinski definition) is 3. The zero-order valence-corrected chi connectivity index (χ0v) is 16.5. The van der Waals surface area contributed by atoms with Gasteiger partial charge in [-0.3, -0.25) is 4.79 Å². The van der Waals surface area contributed by atoms with Crippen molar-refractivity contribution in [2.45, 2.75) is 57.2 Å². The van der Waals surface area contributed by atoms with Gasteiger partial charge in [0, 0.05) is 11.8 Å². The van der Waals surface area contributed by atoms with Crippen LogP contribution in [0.25, 0.3) is 5.69 Å². The largest absolute Gasteiger partial charge is 0.372 e. The van der Waals surface area contributed by atoms with Gasteiger partial charge >= 0.3 is 0 Å². The summed E-state index contributed by atoms with van der Waals surface area (Å²) in [4.78, 5) is 12.1. The molecule has 3 fully saturated rings. The quantitative estimate of drug-likeness (QED) is 0.675. The fourth-order valence-electron chi connectivity index (χ4n) is 4.70. The minimum absolute atomic E-state index is 0.150. The third kappa shape index (κ3) is 3.22. The number of aromatic nitrogens is 2. The van der Waals surface area contributed by atoms with E-state index in [-0.39, 0.29) is 17.9 Å². The Bertz CT molecular complexity index is 854. The molecule has 2 bridgehead atoms. The van der Waals surface area contributed by atoms with Crippen LogP contribution in [0.5, 0.6) is 0 Å². The molecule has 1 aromatic carbocycles. The molecule has 27 heavy (non-hydrogen) atoms. The summed E-state index contributed by atoms with van der Waals surface area (Å²) in [5.41, 5.74) is 2.99. The Balaban J connectivity index is 1.42. The van der Waals surface area contributed by atoms with Gasteiger partial charge in [0.2, 0.25) is 0 Å². The van der Waals surface area contributed by atoms with E-state index in [1.54, 1.807) is 0 Å². The summed E-state index contributed by atoms with van der Waals surface area (Å²) in [5, 5.41) is 5.76. The first-order chi connectivity index (χ1) is 13.1. The van der Waals surface area contributed by atoms with Crippen molar-refractivity contribution >= 4 is 29.0 Å². The first-order valence-corrected chi connectivity index (χ1v) is 10.5. The lowest BCUT2D eigenvalue weighted by atomic mass is 9.86. The first kappa shape index (κ1) is 17.7. The molecule has 3 aliphatic rings. The van der Waals surface area contributed by atoms with Gasteiger partial charge in [-0.1, -0.05) is 29.3 Å². The number of para-hydroxylation sites is 1. The van der Waals surface area contributed by atoms with E-state index in [1.807, 2.05) is 29.1 Å². The SMILES string of the molecule is O=C1C2CCC1CC(OCc1c(C3CC3)cnn1-c1c(Cl)cccc1Cl)C2. The monoisotopic (exact) mass is 404 g/mol. The van der Waals surface area contributed by atoms with Gasteiger partial charge in [0.25, 0.3) is 0 Å². The molecule has 0 radical (unpaired) electrons. The number of hydrogen-bond donors (Lipinski definition) is 0. The summed E-state index contributed by atoms with van der Waals surface area (Å²) >= 11 is 12.9. The summed E-state index contributed by atoms with van der Waals surface area (Å²) < 4.78 is 8.17. The predicted octanol–water partition coefficient (Wildman–Crippen LogP) is 5.33. The second kappa shape index (κ2) is 6.91. The average molecular weight is 405 g/mol. The van der Waals surface area contributed by atoms with Gasteiger partial charge in [-0.15, -0.1) is 0 Å². The lowest BCUT2D eigenvalue weighted by Gasteiger charge is -2.27. The topological polar surface area (TPSA) is 44.1 Å². The van der Waals surface area contributed by atoms with E-state index in [0.717, 1.165) is 31.4 Å². The molecule has 2 atom stereocenters. The second-order valence-electron chi connectivity index (χ2n) is 8.08. The maximum Gasteiger partial charge on any atom is 0.139 e. The maximum atomic E-state index is 12.1. The Morgan fingerprint density at radius 2 is 1.67 bits per heavy atom. The predicted molar refractivity (Wildman–Crippen MR) is 105 cm³/mol.